The van der Waals surface area contributed by atoms with E-state index < -0.39 is 6.04 Å². The second kappa shape index (κ2) is 8.70. The monoisotopic (exact) mass is 313 g/mol. The van der Waals surface area contributed by atoms with Crippen molar-refractivity contribution >= 4 is 18.4 Å². The highest BCUT2D eigenvalue weighted by Crippen LogP contribution is 2.13. The van der Waals surface area contributed by atoms with Gasteiger partial charge in [-0.25, -0.2) is 0 Å². The number of carbonyl (C=O) groups excluding carboxylic acids is 1. The van der Waals surface area contributed by atoms with Gasteiger partial charge in [-0.15, -0.1) is 12.4 Å². The summed E-state index contributed by atoms with van der Waals surface area (Å²) in [4.78, 5) is 12.1. The van der Waals surface area contributed by atoms with Crippen LogP contribution in [-0.4, -0.2) is 29.3 Å². The minimum Gasteiger partial charge on any atom is -0.508 e. The van der Waals surface area contributed by atoms with Crippen LogP contribution in [0.15, 0.2) is 36.9 Å². The van der Waals surface area contributed by atoms with E-state index >= 15 is 0 Å². The second-order valence-electron chi connectivity index (χ2n) is 5.74. The Kier molecular flexibility index (Phi) is 8.07. The summed E-state index contributed by atoms with van der Waals surface area (Å²) in [5, 5.41) is 12.5. The first kappa shape index (κ1) is 19.5. The van der Waals surface area contributed by atoms with Gasteiger partial charge in [0.2, 0.25) is 0 Å². The third kappa shape index (κ3) is 7.73. The molecule has 5 heteroatoms. The van der Waals surface area contributed by atoms with Crippen molar-refractivity contribution in [3.05, 3.63) is 42.5 Å². The molecule has 2 N–H and O–H groups in total. The molecule has 1 aromatic carbocycles. The van der Waals surface area contributed by atoms with Crippen LogP contribution in [0.1, 0.15) is 26.3 Å². The number of nitrogens with one attached hydrogen (secondary N) is 1. The smallest absolute Gasteiger partial charge is 0.323 e. The Morgan fingerprint density at radius 3 is 2.43 bits per heavy atom. The van der Waals surface area contributed by atoms with E-state index in [1.54, 1.807) is 30.3 Å². The molecule has 0 aliphatic rings. The van der Waals surface area contributed by atoms with Gasteiger partial charge in [0.25, 0.3) is 0 Å². The van der Waals surface area contributed by atoms with Crippen molar-refractivity contribution in [2.45, 2.75) is 38.8 Å². The average Bonchev–Trinajstić information content (AvgIpc) is 2.36. The van der Waals surface area contributed by atoms with Crippen LogP contribution in [0.4, 0.5) is 0 Å². The summed E-state index contributed by atoms with van der Waals surface area (Å²) in [6, 6.07) is 6.39. The highest BCUT2D eigenvalue weighted by Gasteiger charge is 2.25. The fraction of sp³-hybridized carbons (Fsp3) is 0.438. The number of esters is 1. The van der Waals surface area contributed by atoms with E-state index in [4.69, 9.17) is 4.74 Å². The summed E-state index contributed by atoms with van der Waals surface area (Å²) in [6.07, 6.45) is 2.06. The Morgan fingerprint density at radius 1 is 1.38 bits per heavy atom. The number of hydrogen-bond acceptors (Lipinski definition) is 4. The van der Waals surface area contributed by atoms with E-state index in [1.807, 2.05) is 20.8 Å². The van der Waals surface area contributed by atoms with Crippen LogP contribution in [0.3, 0.4) is 0 Å². The van der Waals surface area contributed by atoms with Gasteiger partial charge in [0.15, 0.2) is 0 Å². The molecule has 1 rings (SSSR count). The number of rotatable bonds is 6. The lowest BCUT2D eigenvalue weighted by atomic mass is 10.0. The summed E-state index contributed by atoms with van der Waals surface area (Å²) in [5.41, 5.74) is 0.759. The predicted octanol–water partition coefficient (Wildman–Crippen LogP) is 2.84. The van der Waals surface area contributed by atoms with Crippen LogP contribution in [-0.2, 0) is 16.0 Å². The molecule has 118 valence electrons. The first-order valence-electron chi connectivity index (χ1n) is 6.65. The first-order chi connectivity index (χ1) is 9.31. The molecule has 0 aromatic heterocycles. The number of phenols is 1. The third-order valence-electron chi connectivity index (χ3n) is 2.61. The van der Waals surface area contributed by atoms with Gasteiger partial charge >= 0.3 is 5.97 Å². The molecule has 0 heterocycles. The van der Waals surface area contributed by atoms with Gasteiger partial charge < -0.3 is 9.84 Å². The zero-order chi connectivity index (χ0) is 15.2. The van der Waals surface area contributed by atoms with Crippen molar-refractivity contribution in [1.29, 1.82) is 0 Å². The Balaban J connectivity index is 0.00000400. The van der Waals surface area contributed by atoms with Crippen LogP contribution in [0.2, 0.25) is 0 Å². The van der Waals surface area contributed by atoms with Crippen molar-refractivity contribution in [1.82, 2.24) is 5.32 Å². The van der Waals surface area contributed by atoms with Crippen molar-refractivity contribution in [2.75, 3.05) is 6.61 Å². The largest absolute Gasteiger partial charge is 0.508 e. The lowest BCUT2D eigenvalue weighted by Crippen LogP contribution is -2.49. The molecule has 0 saturated carbocycles. The number of carbonyl (C=O) groups is 1. The minimum absolute atomic E-state index is 0. The quantitative estimate of drug-likeness (QED) is 0.626. The van der Waals surface area contributed by atoms with Crippen molar-refractivity contribution in [2.24, 2.45) is 0 Å². The predicted molar refractivity (Wildman–Crippen MR) is 86.9 cm³/mol. The van der Waals surface area contributed by atoms with Gasteiger partial charge in [-0.2, -0.15) is 0 Å². The van der Waals surface area contributed by atoms with Crippen LogP contribution in [0.25, 0.3) is 0 Å². The molecule has 0 amide bonds. The maximum Gasteiger partial charge on any atom is 0.323 e. The van der Waals surface area contributed by atoms with Crippen LogP contribution in [0, 0.1) is 0 Å². The molecule has 0 aliphatic carbocycles. The molecule has 0 radical (unpaired) electrons. The molecule has 0 aliphatic heterocycles. The summed E-state index contributed by atoms with van der Waals surface area (Å²) < 4.78 is 5.13. The lowest BCUT2D eigenvalue weighted by molar-refractivity contribution is -0.145. The van der Waals surface area contributed by atoms with Crippen molar-refractivity contribution in [3.63, 3.8) is 0 Å². The fourth-order valence-corrected chi connectivity index (χ4v) is 1.83. The summed E-state index contributed by atoms with van der Waals surface area (Å²) in [7, 11) is 0. The normalized spacial score (nSPS) is 12.1. The molecule has 1 aromatic rings. The van der Waals surface area contributed by atoms with E-state index in [-0.39, 0.29) is 36.3 Å². The summed E-state index contributed by atoms with van der Waals surface area (Å²) in [6.45, 7) is 9.73. The van der Waals surface area contributed by atoms with Gasteiger partial charge in [0, 0.05) is 5.54 Å². The number of aromatic hydroxyl groups is 1. The maximum absolute atomic E-state index is 12.1. The zero-order valence-corrected chi connectivity index (χ0v) is 13.6. The molecular weight excluding hydrogens is 290 g/mol. The number of hydrogen-bond donors (Lipinski definition) is 2. The Morgan fingerprint density at radius 2 is 1.95 bits per heavy atom. The number of ether oxygens (including phenoxy) is 1. The van der Waals surface area contributed by atoms with E-state index in [0.29, 0.717) is 6.42 Å². The fourth-order valence-electron chi connectivity index (χ4n) is 1.83. The molecular formula is C16H24ClNO3. The second-order valence-corrected chi connectivity index (χ2v) is 5.74. The highest BCUT2D eigenvalue weighted by atomic mass is 35.5. The Bertz CT molecular complexity index is 452. The molecule has 0 bridgehead atoms. The molecule has 0 spiro atoms. The number of benzene rings is 1. The number of phenolic OH excluding ortho intramolecular Hbond substituents is 1. The molecule has 4 nitrogen and oxygen atoms in total. The molecule has 0 saturated heterocycles. The topological polar surface area (TPSA) is 58.6 Å². The lowest BCUT2D eigenvalue weighted by Gasteiger charge is -2.27. The Labute approximate surface area is 132 Å². The Hall–Kier alpha value is -1.52. The van der Waals surface area contributed by atoms with Crippen LogP contribution >= 0.6 is 12.4 Å². The minimum atomic E-state index is -0.431. The van der Waals surface area contributed by atoms with Crippen molar-refractivity contribution in [3.8, 4) is 5.75 Å². The molecule has 21 heavy (non-hydrogen) atoms. The maximum atomic E-state index is 12.1. The van der Waals surface area contributed by atoms with Gasteiger partial charge in [-0.1, -0.05) is 24.8 Å². The van der Waals surface area contributed by atoms with Gasteiger partial charge in [0.1, 0.15) is 18.4 Å². The van der Waals surface area contributed by atoms with E-state index in [0.717, 1.165) is 5.56 Å². The highest BCUT2D eigenvalue weighted by molar-refractivity contribution is 5.85. The summed E-state index contributed by atoms with van der Waals surface area (Å²) >= 11 is 0. The molecule has 0 fully saturated rings. The van der Waals surface area contributed by atoms with Crippen LogP contribution < -0.4 is 5.32 Å². The van der Waals surface area contributed by atoms with Gasteiger partial charge in [0.05, 0.1) is 0 Å². The summed E-state index contributed by atoms with van der Waals surface area (Å²) in [5.74, 6) is -0.0868. The van der Waals surface area contributed by atoms with E-state index in [9.17, 15) is 9.90 Å². The molecule has 1 atom stereocenters. The third-order valence-corrected chi connectivity index (χ3v) is 2.61. The first-order valence-corrected chi connectivity index (χ1v) is 6.65. The van der Waals surface area contributed by atoms with Crippen LogP contribution in [0.5, 0.6) is 5.75 Å². The van der Waals surface area contributed by atoms with E-state index in [2.05, 4.69) is 11.9 Å². The number of halogens is 1. The average molecular weight is 314 g/mol. The standard InChI is InChI=1S/C16H23NO3.ClH/c1-5-10-20-15(19)14(17-16(2,3)4)11-12-6-8-13(18)9-7-12;/h5-9,14,17-18H,1,10-11H2,2-4H3;1H. The SMILES string of the molecule is C=CCOC(=O)C(Cc1ccc(O)cc1)NC(C)(C)C.Cl. The van der Waals surface area contributed by atoms with Gasteiger partial charge in [-0.05, 0) is 44.9 Å². The van der Waals surface area contributed by atoms with Gasteiger partial charge in [-0.3, -0.25) is 10.1 Å². The van der Waals surface area contributed by atoms with Crippen molar-refractivity contribution < 1.29 is 14.6 Å². The molecule has 1 unspecified atom stereocenters. The zero-order valence-electron chi connectivity index (χ0n) is 12.8. The van der Waals surface area contributed by atoms with E-state index in [1.165, 1.54) is 0 Å².